The first-order valence-electron chi connectivity index (χ1n) is 5.04. The molecule has 1 aromatic carbocycles. The summed E-state index contributed by atoms with van der Waals surface area (Å²) in [4.78, 5) is 0.819. The third-order valence-electron chi connectivity index (χ3n) is 2.28. The zero-order valence-electron chi connectivity index (χ0n) is 8.84. The topological polar surface area (TPSA) is 12.0 Å². The molecule has 17 heavy (non-hydrogen) atoms. The van der Waals surface area contributed by atoms with Gasteiger partial charge in [-0.3, -0.25) is 0 Å². The minimum absolute atomic E-state index is 0.211. The van der Waals surface area contributed by atoms with Gasteiger partial charge in [-0.25, -0.2) is 8.78 Å². The Balaban J connectivity index is 1.92. The Morgan fingerprint density at radius 3 is 2.53 bits per heavy atom. The first-order chi connectivity index (χ1) is 8.16. The van der Waals surface area contributed by atoms with E-state index in [9.17, 15) is 13.2 Å². The lowest BCUT2D eigenvalue weighted by molar-refractivity contribution is 0.493. The number of halogens is 3. The summed E-state index contributed by atoms with van der Waals surface area (Å²) in [6, 6.07) is 7.09. The molecular formula is C12H10F3NS. The van der Waals surface area contributed by atoms with Gasteiger partial charge in [0.1, 0.15) is 0 Å². The molecule has 1 nitrogen and oxygen atoms in total. The van der Waals surface area contributed by atoms with Gasteiger partial charge in [-0.1, -0.05) is 12.1 Å². The molecule has 0 saturated carbocycles. The third kappa shape index (κ3) is 3.08. The summed E-state index contributed by atoms with van der Waals surface area (Å²) < 4.78 is 38.8. The molecule has 2 rings (SSSR count). The molecule has 0 atom stereocenters. The van der Waals surface area contributed by atoms with Crippen LogP contribution in [0.4, 0.5) is 13.2 Å². The van der Waals surface area contributed by atoms with Crippen LogP contribution in [0.15, 0.2) is 30.3 Å². The van der Waals surface area contributed by atoms with Crippen LogP contribution in [0.3, 0.4) is 0 Å². The van der Waals surface area contributed by atoms with E-state index in [0.717, 1.165) is 22.3 Å². The highest BCUT2D eigenvalue weighted by molar-refractivity contribution is 7.10. The van der Waals surface area contributed by atoms with Crippen LogP contribution in [-0.4, -0.2) is 0 Å². The molecule has 90 valence electrons. The second kappa shape index (κ2) is 5.33. The molecule has 0 saturated heterocycles. The molecule has 0 aliphatic rings. The number of rotatable bonds is 4. The van der Waals surface area contributed by atoms with E-state index in [2.05, 4.69) is 5.32 Å². The van der Waals surface area contributed by atoms with Crippen molar-refractivity contribution in [2.75, 3.05) is 0 Å². The van der Waals surface area contributed by atoms with Gasteiger partial charge in [-0.15, -0.1) is 11.3 Å². The Kier molecular flexibility index (Phi) is 3.81. The molecular weight excluding hydrogens is 247 g/mol. The van der Waals surface area contributed by atoms with Crippen molar-refractivity contribution in [3.63, 3.8) is 0 Å². The lowest BCUT2D eigenvalue weighted by Gasteiger charge is -2.05. The quantitative estimate of drug-likeness (QED) is 0.884. The van der Waals surface area contributed by atoms with Crippen LogP contribution in [0.25, 0.3) is 0 Å². The van der Waals surface area contributed by atoms with Crippen molar-refractivity contribution in [2.45, 2.75) is 13.1 Å². The fraction of sp³-hybridized carbons (Fsp3) is 0.167. The molecule has 0 radical (unpaired) electrons. The summed E-state index contributed by atoms with van der Waals surface area (Å²) in [5, 5.41) is 2.69. The molecule has 0 amide bonds. The van der Waals surface area contributed by atoms with E-state index in [4.69, 9.17) is 0 Å². The summed E-state index contributed by atoms with van der Waals surface area (Å²) in [6.07, 6.45) is 0. The SMILES string of the molecule is Fc1ccc(CNCc2cccc(F)c2F)s1. The van der Waals surface area contributed by atoms with Gasteiger partial charge in [-0.05, 0) is 18.2 Å². The van der Waals surface area contributed by atoms with Gasteiger partial charge in [0.25, 0.3) is 0 Å². The maximum absolute atomic E-state index is 13.3. The minimum atomic E-state index is -0.855. The lowest BCUT2D eigenvalue weighted by Crippen LogP contribution is -2.13. The van der Waals surface area contributed by atoms with Crippen molar-refractivity contribution in [1.82, 2.24) is 5.32 Å². The predicted molar refractivity (Wildman–Crippen MR) is 61.2 cm³/mol. The van der Waals surface area contributed by atoms with Crippen LogP contribution in [0.5, 0.6) is 0 Å². The summed E-state index contributed by atoms with van der Waals surface area (Å²) >= 11 is 1.03. The van der Waals surface area contributed by atoms with E-state index in [1.54, 1.807) is 6.07 Å². The zero-order chi connectivity index (χ0) is 12.3. The Morgan fingerprint density at radius 2 is 1.82 bits per heavy atom. The normalized spacial score (nSPS) is 10.8. The first kappa shape index (κ1) is 12.1. The van der Waals surface area contributed by atoms with E-state index >= 15 is 0 Å². The first-order valence-corrected chi connectivity index (χ1v) is 5.86. The number of hydrogen-bond acceptors (Lipinski definition) is 2. The number of thiophene rings is 1. The Morgan fingerprint density at radius 1 is 1.00 bits per heavy atom. The van der Waals surface area contributed by atoms with Gasteiger partial charge >= 0.3 is 0 Å². The van der Waals surface area contributed by atoms with Gasteiger partial charge in [-0.2, -0.15) is 4.39 Å². The average Bonchev–Trinajstić information content (AvgIpc) is 2.70. The molecule has 5 heteroatoms. The highest BCUT2D eigenvalue weighted by Crippen LogP contribution is 2.15. The predicted octanol–water partition coefficient (Wildman–Crippen LogP) is 3.46. The van der Waals surface area contributed by atoms with Gasteiger partial charge in [0.15, 0.2) is 16.8 Å². The van der Waals surface area contributed by atoms with Crippen molar-refractivity contribution in [3.8, 4) is 0 Å². The van der Waals surface area contributed by atoms with Crippen LogP contribution in [-0.2, 0) is 13.1 Å². The molecule has 0 bridgehead atoms. The van der Waals surface area contributed by atoms with Gasteiger partial charge in [0.2, 0.25) is 0 Å². The van der Waals surface area contributed by atoms with Gasteiger partial charge in [0.05, 0.1) is 0 Å². The molecule has 0 fully saturated rings. The van der Waals surface area contributed by atoms with E-state index < -0.39 is 11.6 Å². The molecule has 0 unspecified atom stereocenters. The fourth-order valence-electron chi connectivity index (χ4n) is 1.45. The molecule has 1 N–H and O–H groups in total. The summed E-state index contributed by atoms with van der Waals surface area (Å²) in [7, 11) is 0. The van der Waals surface area contributed by atoms with Crippen molar-refractivity contribution < 1.29 is 13.2 Å². The highest BCUT2D eigenvalue weighted by atomic mass is 32.1. The molecule has 0 aliphatic heterocycles. The monoisotopic (exact) mass is 257 g/mol. The minimum Gasteiger partial charge on any atom is -0.308 e. The maximum atomic E-state index is 13.3. The second-order valence-electron chi connectivity index (χ2n) is 3.52. The van der Waals surface area contributed by atoms with Gasteiger partial charge in [0, 0.05) is 23.5 Å². The molecule has 1 aromatic heterocycles. The second-order valence-corrected chi connectivity index (χ2v) is 4.64. The van der Waals surface area contributed by atoms with E-state index in [1.165, 1.54) is 18.2 Å². The van der Waals surface area contributed by atoms with E-state index in [1.807, 2.05) is 0 Å². The van der Waals surface area contributed by atoms with Crippen molar-refractivity contribution >= 4 is 11.3 Å². The molecule has 0 spiro atoms. The van der Waals surface area contributed by atoms with Crippen LogP contribution >= 0.6 is 11.3 Å². The third-order valence-corrected chi connectivity index (χ3v) is 3.15. The van der Waals surface area contributed by atoms with Crippen molar-refractivity contribution in [1.29, 1.82) is 0 Å². The Hall–Kier alpha value is -1.33. The highest BCUT2D eigenvalue weighted by Gasteiger charge is 2.07. The standard InChI is InChI=1S/C12H10F3NS/c13-10-3-1-2-8(12(10)15)6-16-7-9-4-5-11(14)17-9/h1-5,16H,6-7H2. The Bertz CT molecular complexity index is 510. The number of benzene rings is 1. The summed E-state index contributed by atoms with van der Waals surface area (Å²) in [5.41, 5.74) is 0.266. The zero-order valence-corrected chi connectivity index (χ0v) is 9.66. The molecule has 0 aliphatic carbocycles. The van der Waals surface area contributed by atoms with Crippen molar-refractivity contribution in [3.05, 3.63) is 57.5 Å². The van der Waals surface area contributed by atoms with Crippen LogP contribution in [0.2, 0.25) is 0 Å². The Labute approximate surface area is 101 Å². The maximum Gasteiger partial charge on any atom is 0.176 e. The van der Waals surface area contributed by atoms with Crippen LogP contribution < -0.4 is 5.32 Å². The summed E-state index contributed by atoms with van der Waals surface area (Å²) in [6.45, 7) is 0.646. The lowest BCUT2D eigenvalue weighted by atomic mass is 10.2. The van der Waals surface area contributed by atoms with Crippen LogP contribution in [0.1, 0.15) is 10.4 Å². The van der Waals surface area contributed by atoms with E-state index in [0.29, 0.717) is 6.54 Å². The van der Waals surface area contributed by atoms with E-state index in [-0.39, 0.29) is 17.2 Å². The number of nitrogens with one attached hydrogen (secondary N) is 1. The smallest absolute Gasteiger partial charge is 0.176 e. The fourth-order valence-corrected chi connectivity index (χ4v) is 2.15. The number of hydrogen-bond donors (Lipinski definition) is 1. The van der Waals surface area contributed by atoms with Gasteiger partial charge < -0.3 is 5.32 Å². The van der Waals surface area contributed by atoms with Crippen molar-refractivity contribution in [2.24, 2.45) is 0 Å². The van der Waals surface area contributed by atoms with Crippen LogP contribution in [0, 0.1) is 16.8 Å². The molecule has 2 aromatic rings. The largest absolute Gasteiger partial charge is 0.308 e. The average molecular weight is 257 g/mol. The molecule has 1 heterocycles. The summed E-state index contributed by atoms with van der Waals surface area (Å²) in [5.74, 6) is -1.69.